The molecule has 132 valence electrons. The number of nitro benzene ring substituents is 1. The van der Waals surface area contributed by atoms with Crippen LogP contribution < -0.4 is 5.32 Å². The third-order valence-electron chi connectivity index (χ3n) is 3.93. The van der Waals surface area contributed by atoms with Crippen molar-refractivity contribution in [2.24, 2.45) is 0 Å². The van der Waals surface area contributed by atoms with E-state index < -0.39 is 10.8 Å². The molecule has 0 spiro atoms. The van der Waals surface area contributed by atoms with Crippen molar-refractivity contribution in [1.82, 2.24) is 5.32 Å². The number of nitrogens with one attached hydrogen (secondary N) is 1. The molecule has 1 amide bonds. The molecule has 0 saturated heterocycles. The summed E-state index contributed by atoms with van der Waals surface area (Å²) in [5, 5.41) is 23.2. The van der Waals surface area contributed by atoms with Crippen LogP contribution in [-0.2, 0) is 0 Å². The Bertz CT molecular complexity index is 737. The highest BCUT2D eigenvalue weighted by Crippen LogP contribution is 2.24. The predicted molar refractivity (Wildman–Crippen MR) is 95.9 cm³/mol. The summed E-state index contributed by atoms with van der Waals surface area (Å²) in [6.07, 6.45) is 1.20. The highest BCUT2D eigenvalue weighted by atomic mass is 35.5. The number of nitro groups is 1. The molecule has 0 bridgehead atoms. The fourth-order valence-corrected chi connectivity index (χ4v) is 2.84. The van der Waals surface area contributed by atoms with Crippen LogP contribution in [0.1, 0.15) is 34.7 Å². The third kappa shape index (κ3) is 5.27. The van der Waals surface area contributed by atoms with Crippen LogP contribution in [0.2, 0.25) is 5.02 Å². The second kappa shape index (κ2) is 9.15. The number of amides is 1. The van der Waals surface area contributed by atoms with Gasteiger partial charge in [0.1, 0.15) is 5.56 Å². The van der Waals surface area contributed by atoms with E-state index in [0.717, 1.165) is 5.56 Å². The van der Waals surface area contributed by atoms with Gasteiger partial charge < -0.3 is 10.4 Å². The molecule has 0 aromatic heterocycles. The van der Waals surface area contributed by atoms with E-state index in [2.05, 4.69) is 5.32 Å². The van der Waals surface area contributed by atoms with Gasteiger partial charge in [0.15, 0.2) is 0 Å². The number of carbonyl (C=O) groups is 1. The first kappa shape index (κ1) is 18.9. The van der Waals surface area contributed by atoms with Crippen molar-refractivity contribution >= 4 is 23.2 Å². The quantitative estimate of drug-likeness (QED) is 0.555. The number of aliphatic hydroxyl groups excluding tert-OH is 1. The van der Waals surface area contributed by atoms with E-state index in [1.165, 1.54) is 18.2 Å². The largest absolute Gasteiger partial charge is 0.396 e. The summed E-state index contributed by atoms with van der Waals surface area (Å²) >= 11 is 5.84. The zero-order valence-electron chi connectivity index (χ0n) is 13.5. The van der Waals surface area contributed by atoms with Crippen LogP contribution in [-0.4, -0.2) is 29.1 Å². The molecule has 25 heavy (non-hydrogen) atoms. The monoisotopic (exact) mass is 362 g/mol. The molecule has 1 unspecified atom stereocenters. The maximum absolute atomic E-state index is 12.3. The minimum absolute atomic E-state index is 0.0489. The number of hydrogen-bond donors (Lipinski definition) is 2. The first-order chi connectivity index (χ1) is 12.0. The molecule has 2 aromatic carbocycles. The van der Waals surface area contributed by atoms with E-state index in [1.54, 1.807) is 0 Å². The van der Waals surface area contributed by atoms with Gasteiger partial charge in [0.05, 0.1) is 4.92 Å². The van der Waals surface area contributed by atoms with Crippen LogP contribution in [0, 0.1) is 10.1 Å². The standard InChI is InChI=1S/C18H19ClN2O4/c19-15-6-7-17(21(24)25)16(12-15)18(23)20-10-8-14(9-11-22)13-4-2-1-3-5-13/h1-7,12,14,22H,8-11H2,(H,20,23). The van der Waals surface area contributed by atoms with Crippen molar-refractivity contribution in [3.8, 4) is 0 Å². The van der Waals surface area contributed by atoms with Gasteiger partial charge in [-0.3, -0.25) is 14.9 Å². The maximum Gasteiger partial charge on any atom is 0.282 e. The van der Waals surface area contributed by atoms with Crippen LogP contribution in [0.15, 0.2) is 48.5 Å². The van der Waals surface area contributed by atoms with Gasteiger partial charge in [0.2, 0.25) is 0 Å². The Kier molecular flexibility index (Phi) is 6.91. The predicted octanol–water partition coefficient (Wildman–Crippen LogP) is 3.53. The number of halogens is 1. The summed E-state index contributed by atoms with van der Waals surface area (Å²) in [7, 11) is 0. The van der Waals surface area contributed by atoms with Gasteiger partial charge in [-0.25, -0.2) is 0 Å². The van der Waals surface area contributed by atoms with Gasteiger partial charge in [-0.05, 0) is 36.5 Å². The Hall–Kier alpha value is -2.44. The Morgan fingerprint density at radius 1 is 1.20 bits per heavy atom. The topological polar surface area (TPSA) is 92.5 Å². The highest BCUT2D eigenvalue weighted by Gasteiger charge is 2.20. The molecule has 0 saturated carbocycles. The lowest BCUT2D eigenvalue weighted by Crippen LogP contribution is -2.26. The molecule has 0 aliphatic rings. The van der Waals surface area contributed by atoms with Gasteiger partial charge in [-0.15, -0.1) is 0 Å². The van der Waals surface area contributed by atoms with Crippen molar-refractivity contribution in [2.75, 3.05) is 13.2 Å². The summed E-state index contributed by atoms with van der Waals surface area (Å²) in [5.74, 6) is -0.439. The number of rotatable bonds is 8. The zero-order chi connectivity index (χ0) is 18.2. The summed E-state index contributed by atoms with van der Waals surface area (Å²) < 4.78 is 0. The number of hydrogen-bond acceptors (Lipinski definition) is 4. The Balaban J connectivity index is 2.02. The fourth-order valence-electron chi connectivity index (χ4n) is 2.66. The number of aliphatic hydroxyl groups is 1. The normalized spacial score (nSPS) is 11.8. The van der Waals surface area contributed by atoms with Crippen molar-refractivity contribution < 1.29 is 14.8 Å². The molecule has 0 aliphatic carbocycles. The van der Waals surface area contributed by atoms with Crippen molar-refractivity contribution in [3.05, 3.63) is 74.8 Å². The van der Waals surface area contributed by atoms with E-state index in [-0.39, 0.29) is 28.8 Å². The van der Waals surface area contributed by atoms with Crippen molar-refractivity contribution in [2.45, 2.75) is 18.8 Å². The molecule has 0 heterocycles. The van der Waals surface area contributed by atoms with Crippen LogP contribution in [0.5, 0.6) is 0 Å². The van der Waals surface area contributed by atoms with Crippen molar-refractivity contribution in [1.29, 1.82) is 0 Å². The van der Waals surface area contributed by atoms with E-state index in [9.17, 15) is 20.0 Å². The minimum atomic E-state index is -0.607. The molecule has 2 aromatic rings. The van der Waals surface area contributed by atoms with Crippen molar-refractivity contribution in [3.63, 3.8) is 0 Å². The first-order valence-corrected chi connectivity index (χ1v) is 8.28. The molecule has 7 heteroatoms. The zero-order valence-corrected chi connectivity index (χ0v) is 14.3. The molecular weight excluding hydrogens is 344 g/mol. The summed E-state index contributed by atoms with van der Waals surface area (Å²) in [5.41, 5.74) is 0.743. The molecule has 2 N–H and O–H groups in total. The molecule has 0 aliphatic heterocycles. The summed E-state index contributed by atoms with van der Waals surface area (Å²) in [4.78, 5) is 22.7. The average molecular weight is 363 g/mol. The molecule has 6 nitrogen and oxygen atoms in total. The minimum Gasteiger partial charge on any atom is -0.396 e. The first-order valence-electron chi connectivity index (χ1n) is 7.91. The number of nitrogens with zero attached hydrogens (tertiary/aromatic N) is 1. The van der Waals surface area contributed by atoms with E-state index >= 15 is 0 Å². The molecule has 2 rings (SSSR count). The fraction of sp³-hybridized carbons (Fsp3) is 0.278. The van der Waals surface area contributed by atoms with Crippen LogP contribution in [0.4, 0.5) is 5.69 Å². The second-order valence-electron chi connectivity index (χ2n) is 5.58. The molecule has 1 atom stereocenters. The third-order valence-corrected chi connectivity index (χ3v) is 4.16. The summed E-state index contributed by atoms with van der Waals surface area (Å²) in [6.45, 7) is 0.384. The smallest absolute Gasteiger partial charge is 0.282 e. The molecule has 0 fully saturated rings. The van der Waals surface area contributed by atoms with E-state index in [1.807, 2.05) is 30.3 Å². The lowest BCUT2D eigenvalue weighted by atomic mass is 9.93. The van der Waals surface area contributed by atoms with Crippen LogP contribution >= 0.6 is 11.6 Å². The number of carbonyl (C=O) groups excluding carboxylic acids is 1. The maximum atomic E-state index is 12.3. The van der Waals surface area contributed by atoms with Gasteiger partial charge in [0, 0.05) is 24.2 Å². The molecule has 0 radical (unpaired) electrons. The lowest BCUT2D eigenvalue weighted by Gasteiger charge is -2.16. The van der Waals surface area contributed by atoms with E-state index in [0.29, 0.717) is 19.4 Å². The average Bonchev–Trinajstić information content (AvgIpc) is 2.61. The summed E-state index contributed by atoms with van der Waals surface area (Å²) in [6, 6.07) is 13.6. The van der Waals surface area contributed by atoms with Crippen LogP contribution in [0.25, 0.3) is 0 Å². The Morgan fingerprint density at radius 3 is 2.56 bits per heavy atom. The SMILES string of the molecule is O=C(NCCC(CCO)c1ccccc1)c1cc(Cl)ccc1[N+](=O)[O-]. The van der Waals surface area contributed by atoms with Gasteiger partial charge in [0.25, 0.3) is 11.6 Å². The van der Waals surface area contributed by atoms with Crippen LogP contribution in [0.3, 0.4) is 0 Å². The second-order valence-corrected chi connectivity index (χ2v) is 6.02. The van der Waals surface area contributed by atoms with Gasteiger partial charge in [-0.1, -0.05) is 41.9 Å². The highest BCUT2D eigenvalue weighted by molar-refractivity contribution is 6.31. The molecular formula is C18H19ClN2O4. The Labute approximate surface area is 150 Å². The van der Waals surface area contributed by atoms with Gasteiger partial charge >= 0.3 is 0 Å². The van der Waals surface area contributed by atoms with Gasteiger partial charge in [-0.2, -0.15) is 0 Å². The number of benzene rings is 2. The van der Waals surface area contributed by atoms with E-state index in [4.69, 9.17) is 11.6 Å². The Morgan fingerprint density at radius 2 is 1.92 bits per heavy atom. The lowest BCUT2D eigenvalue weighted by molar-refractivity contribution is -0.385.